The summed E-state index contributed by atoms with van der Waals surface area (Å²) < 4.78 is 63.6. The summed E-state index contributed by atoms with van der Waals surface area (Å²) in [5.41, 5.74) is -4.82. The zero-order valence-electron chi connectivity index (χ0n) is 9.60. The number of alkyl halides is 3. The van der Waals surface area contributed by atoms with Crippen molar-refractivity contribution < 1.29 is 31.1 Å². The Kier molecular flexibility index (Phi) is 4.86. The topological polar surface area (TPSA) is 60.4 Å². The van der Waals surface area contributed by atoms with Crippen LogP contribution in [0.5, 0.6) is 0 Å². The molecule has 1 aromatic rings. The summed E-state index contributed by atoms with van der Waals surface area (Å²) in [4.78, 5) is 10.8. The first-order valence-electron chi connectivity index (χ1n) is 4.95. The van der Waals surface area contributed by atoms with E-state index in [9.17, 15) is 26.4 Å². The van der Waals surface area contributed by atoms with E-state index in [1.165, 1.54) is 0 Å². The lowest BCUT2D eigenvalue weighted by Gasteiger charge is -2.07. The van der Waals surface area contributed by atoms with Crippen molar-refractivity contribution in [3.63, 3.8) is 0 Å². The highest BCUT2D eigenvalue weighted by Crippen LogP contribution is 2.38. The molecule has 0 amide bonds. The third kappa shape index (κ3) is 4.75. The van der Waals surface area contributed by atoms with Gasteiger partial charge in [-0.05, 0) is 31.2 Å². The van der Waals surface area contributed by atoms with Gasteiger partial charge in [-0.3, -0.25) is 0 Å². The molecule has 9 heteroatoms. The first-order chi connectivity index (χ1) is 8.65. The van der Waals surface area contributed by atoms with Gasteiger partial charge in [0.1, 0.15) is 0 Å². The van der Waals surface area contributed by atoms with Crippen LogP contribution in [-0.2, 0) is 13.6 Å². The highest BCUT2D eigenvalue weighted by atomic mass is 33.1. The van der Waals surface area contributed by atoms with Crippen molar-refractivity contribution >= 4 is 25.6 Å². The van der Waals surface area contributed by atoms with Gasteiger partial charge in [0.25, 0.3) is 0 Å². The molecule has 0 saturated heterocycles. The summed E-state index contributed by atoms with van der Waals surface area (Å²) in [5.74, 6) is -0.671. The van der Waals surface area contributed by atoms with E-state index in [0.29, 0.717) is 0 Å². The van der Waals surface area contributed by atoms with Crippen molar-refractivity contribution in [1.82, 2.24) is 0 Å². The number of carbonyl (C=O) groups excluding carboxylic acids is 1. The average molecular weight is 314 g/mol. The molecule has 0 aliphatic carbocycles. The third-order valence-corrected chi connectivity index (χ3v) is 4.92. The van der Waals surface area contributed by atoms with E-state index in [4.69, 9.17) is 0 Å². The molecule has 0 radical (unpaired) electrons. The fourth-order valence-electron chi connectivity index (χ4n) is 1.14. The first kappa shape index (κ1) is 15.8. The zero-order valence-corrected chi connectivity index (χ0v) is 11.2. The molecule has 0 unspecified atom stereocenters. The molecule has 1 rings (SSSR count). The minimum atomic E-state index is -4.89. The molecular weight excluding hydrogens is 305 g/mol. The number of hydrogen-bond acceptors (Lipinski definition) is 5. The number of halogens is 3. The van der Waals surface area contributed by atoms with E-state index >= 15 is 0 Å². The predicted molar refractivity (Wildman–Crippen MR) is 63.2 cm³/mol. The van der Waals surface area contributed by atoms with E-state index in [1.54, 1.807) is 6.92 Å². The van der Waals surface area contributed by atoms with Crippen LogP contribution in [0.1, 0.15) is 17.3 Å². The van der Waals surface area contributed by atoms with E-state index in [0.717, 1.165) is 24.3 Å². The monoisotopic (exact) mass is 314 g/mol. The maximum Gasteiger partial charge on any atom is 0.456 e. The standard InChI is InChI=1S/C10H9F3O4S2/c1-2-17-9(14)7-3-5-8(6-4-7)19(15,16)18-10(11,12)13/h3-6H,2H2,1H3. The zero-order chi connectivity index (χ0) is 14.7. The number of ether oxygens (including phenoxy) is 1. The van der Waals surface area contributed by atoms with Gasteiger partial charge in [-0.1, -0.05) is 0 Å². The Bertz CT molecular complexity index is 549. The Labute approximate surface area is 111 Å². The lowest BCUT2D eigenvalue weighted by molar-refractivity contribution is -0.0312. The van der Waals surface area contributed by atoms with E-state index < -0.39 is 36.0 Å². The molecule has 0 heterocycles. The van der Waals surface area contributed by atoms with Crippen molar-refractivity contribution in [3.05, 3.63) is 29.8 Å². The van der Waals surface area contributed by atoms with Gasteiger partial charge in [0, 0.05) is 0 Å². The molecule has 0 saturated carbocycles. The molecule has 0 aliphatic heterocycles. The molecule has 19 heavy (non-hydrogen) atoms. The molecule has 0 fully saturated rings. The van der Waals surface area contributed by atoms with Gasteiger partial charge in [-0.15, -0.1) is 0 Å². The van der Waals surface area contributed by atoms with Crippen LogP contribution in [0.15, 0.2) is 29.2 Å². The Morgan fingerprint density at radius 1 is 1.26 bits per heavy atom. The number of hydrogen-bond donors (Lipinski definition) is 0. The third-order valence-electron chi connectivity index (χ3n) is 1.86. The molecule has 0 spiro atoms. The minimum absolute atomic E-state index is 0.0674. The van der Waals surface area contributed by atoms with Crippen molar-refractivity contribution in [3.8, 4) is 0 Å². The lowest BCUT2D eigenvalue weighted by Crippen LogP contribution is -2.08. The van der Waals surface area contributed by atoms with Crippen molar-refractivity contribution in [2.24, 2.45) is 0 Å². The Hall–Kier alpha value is -1.22. The normalized spacial score (nSPS) is 12.2. The predicted octanol–water partition coefficient (Wildman–Crippen LogP) is 2.81. The molecule has 1 aromatic carbocycles. The second-order valence-corrected chi connectivity index (χ2v) is 7.05. The lowest BCUT2D eigenvalue weighted by atomic mass is 10.2. The molecule has 106 valence electrons. The second-order valence-electron chi connectivity index (χ2n) is 3.23. The van der Waals surface area contributed by atoms with Gasteiger partial charge in [-0.25, -0.2) is 13.2 Å². The van der Waals surface area contributed by atoms with Crippen LogP contribution in [0, 0.1) is 0 Å². The van der Waals surface area contributed by atoms with E-state index in [2.05, 4.69) is 4.74 Å². The first-order valence-corrected chi connectivity index (χ1v) is 7.77. The van der Waals surface area contributed by atoms with Gasteiger partial charge >= 0.3 is 11.5 Å². The van der Waals surface area contributed by atoms with Crippen LogP contribution in [-0.4, -0.2) is 26.5 Å². The van der Waals surface area contributed by atoms with Gasteiger partial charge in [0.05, 0.1) is 27.9 Å². The van der Waals surface area contributed by atoms with Crippen molar-refractivity contribution in [1.29, 1.82) is 0 Å². The Balaban J connectivity index is 2.96. The average Bonchev–Trinajstić information content (AvgIpc) is 2.26. The molecule has 0 N–H and O–H groups in total. The van der Waals surface area contributed by atoms with E-state index in [-0.39, 0.29) is 12.2 Å². The minimum Gasteiger partial charge on any atom is -0.462 e. The highest BCUT2D eigenvalue weighted by Gasteiger charge is 2.37. The van der Waals surface area contributed by atoms with Crippen LogP contribution >= 0.6 is 10.8 Å². The Morgan fingerprint density at radius 3 is 2.21 bits per heavy atom. The van der Waals surface area contributed by atoms with Crippen LogP contribution in [0.3, 0.4) is 0 Å². The van der Waals surface area contributed by atoms with Crippen molar-refractivity contribution in [2.45, 2.75) is 17.3 Å². The number of rotatable bonds is 4. The quantitative estimate of drug-likeness (QED) is 0.632. The van der Waals surface area contributed by atoms with E-state index in [1.807, 2.05) is 0 Å². The molecular formula is C10H9F3O4S2. The summed E-state index contributed by atoms with van der Waals surface area (Å²) in [6, 6.07) is 4.06. The fraction of sp³-hybridized carbons (Fsp3) is 0.300. The number of carbonyl (C=O) groups is 1. The number of benzene rings is 1. The molecule has 0 aliphatic rings. The summed E-state index contributed by atoms with van der Waals surface area (Å²) in [6.45, 7) is 1.74. The maximum absolute atomic E-state index is 12.1. The largest absolute Gasteiger partial charge is 0.462 e. The number of esters is 1. The SMILES string of the molecule is CCOC(=O)c1ccc(S(=O)(=O)SC(F)(F)F)cc1. The summed E-state index contributed by atoms with van der Waals surface area (Å²) >= 11 is 0. The van der Waals surface area contributed by atoms with Crippen LogP contribution < -0.4 is 0 Å². The Morgan fingerprint density at radius 2 is 1.79 bits per heavy atom. The summed E-state index contributed by atoms with van der Waals surface area (Å²) in [5, 5.41) is 0. The fourth-order valence-corrected chi connectivity index (χ4v) is 3.33. The molecule has 0 atom stereocenters. The maximum atomic E-state index is 12.1. The smallest absolute Gasteiger partial charge is 0.456 e. The molecule has 0 bridgehead atoms. The van der Waals surface area contributed by atoms with Gasteiger partial charge < -0.3 is 4.74 Å². The summed E-state index contributed by atoms with van der Waals surface area (Å²) in [6.07, 6.45) is 0. The highest BCUT2D eigenvalue weighted by molar-refractivity contribution is 8.72. The molecule has 0 aromatic heterocycles. The van der Waals surface area contributed by atoms with Gasteiger partial charge in [0.15, 0.2) is 0 Å². The van der Waals surface area contributed by atoms with Crippen LogP contribution in [0.2, 0.25) is 0 Å². The van der Waals surface area contributed by atoms with Crippen molar-refractivity contribution in [2.75, 3.05) is 6.61 Å². The summed E-state index contributed by atoms with van der Waals surface area (Å²) in [7, 11) is -5.64. The van der Waals surface area contributed by atoms with Gasteiger partial charge in [0.2, 0.25) is 8.87 Å². The second kappa shape index (κ2) is 5.83. The molecule has 4 nitrogen and oxygen atoms in total. The van der Waals surface area contributed by atoms with Gasteiger partial charge in [-0.2, -0.15) is 13.2 Å². The van der Waals surface area contributed by atoms with Crippen LogP contribution in [0.25, 0.3) is 0 Å². The van der Waals surface area contributed by atoms with Crippen LogP contribution in [0.4, 0.5) is 13.2 Å².